The second-order valence-electron chi connectivity index (χ2n) is 5.92. The molecule has 0 N–H and O–H groups in total. The molecule has 0 fully saturated rings. The summed E-state index contributed by atoms with van der Waals surface area (Å²) in [5.41, 5.74) is 0.776. The molecule has 2 aromatic rings. The van der Waals surface area contributed by atoms with Crippen LogP contribution in [0.3, 0.4) is 0 Å². The van der Waals surface area contributed by atoms with E-state index in [0.29, 0.717) is 17.8 Å². The van der Waals surface area contributed by atoms with Crippen molar-refractivity contribution in [3.8, 4) is 0 Å². The molecular formula is C17H21N3O4S. The van der Waals surface area contributed by atoms with Gasteiger partial charge in [0, 0.05) is 25.2 Å². The van der Waals surface area contributed by atoms with Gasteiger partial charge in [-0.25, -0.2) is 8.42 Å². The van der Waals surface area contributed by atoms with Crippen LogP contribution >= 0.6 is 0 Å². The third kappa shape index (κ3) is 4.34. The lowest BCUT2D eigenvalue weighted by Gasteiger charge is -2.26. The van der Waals surface area contributed by atoms with Crippen molar-refractivity contribution in [2.75, 3.05) is 31.5 Å². The molecule has 0 aromatic heterocycles. The maximum absolute atomic E-state index is 13.2. The van der Waals surface area contributed by atoms with Crippen LogP contribution in [0.4, 0.5) is 11.4 Å². The van der Waals surface area contributed by atoms with Crippen molar-refractivity contribution in [2.24, 2.45) is 0 Å². The summed E-state index contributed by atoms with van der Waals surface area (Å²) >= 11 is 0. The number of anilines is 1. The monoisotopic (exact) mass is 363 g/mol. The Kier molecular flexibility index (Phi) is 5.76. The number of non-ortho nitro benzene ring substituents is 1. The number of rotatable bonds is 7. The van der Waals surface area contributed by atoms with Crippen molar-refractivity contribution in [3.05, 3.63) is 64.2 Å². The van der Waals surface area contributed by atoms with Gasteiger partial charge in [-0.3, -0.25) is 14.4 Å². The lowest BCUT2D eigenvalue weighted by molar-refractivity contribution is -0.385. The van der Waals surface area contributed by atoms with Gasteiger partial charge in [-0.05, 0) is 44.8 Å². The summed E-state index contributed by atoms with van der Waals surface area (Å²) in [6.07, 6.45) is 0. The van der Waals surface area contributed by atoms with Gasteiger partial charge in [0.15, 0.2) is 0 Å². The zero-order chi connectivity index (χ0) is 18.6. The normalized spacial score (nSPS) is 11.5. The van der Waals surface area contributed by atoms with Crippen molar-refractivity contribution in [3.63, 3.8) is 0 Å². The molecule has 0 saturated heterocycles. The molecule has 0 spiro atoms. The molecule has 0 radical (unpaired) electrons. The molecule has 0 aliphatic carbocycles. The van der Waals surface area contributed by atoms with Crippen molar-refractivity contribution >= 4 is 21.4 Å². The fourth-order valence-electron chi connectivity index (χ4n) is 2.43. The van der Waals surface area contributed by atoms with Gasteiger partial charge in [0.05, 0.1) is 15.5 Å². The van der Waals surface area contributed by atoms with Crippen molar-refractivity contribution in [1.82, 2.24) is 4.90 Å². The van der Waals surface area contributed by atoms with E-state index in [0.717, 1.165) is 0 Å². The summed E-state index contributed by atoms with van der Waals surface area (Å²) in [4.78, 5) is 12.3. The predicted octanol–water partition coefficient (Wildman–Crippen LogP) is 2.66. The molecule has 8 heteroatoms. The van der Waals surface area contributed by atoms with Crippen LogP contribution in [0, 0.1) is 17.0 Å². The number of nitro benzene ring substituents is 1. The van der Waals surface area contributed by atoms with E-state index in [4.69, 9.17) is 0 Å². The first-order valence-electron chi connectivity index (χ1n) is 7.71. The van der Waals surface area contributed by atoms with Crippen molar-refractivity contribution < 1.29 is 13.3 Å². The fraction of sp³-hybridized carbons (Fsp3) is 0.294. The minimum atomic E-state index is -3.84. The van der Waals surface area contributed by atoms with E-state index in [2.05, 4.69) is 0 Å². The lowest BCUT2D eigenvalue weighted by atomic mass is 10.2. The number of nitro groups is 1. The zero-order valence-corrected chi connectivity index (χ0v) is 15.2. The van der Waals surface area contributed by atoms with Gasteiger partial charge in [-0.1, -0.05) is 18.2 Å². The van der Waals surface area contributed by atoms with E-state index in [1.165, 1.54) is 22.5 Å². The Balaban J connectivity index is 2.49. The molecule has 0 atom stereocenters. The second-order valence-corrected chi connectivity index (χ2v) is 7.75. The molecular weight excluding hydrogens is 342 g/mol. The van der Waals surface area contributed by atoms with Gasteiger partial charge < -0.3 is 4.90 Å². The fourth-order valence-corrected chi connectivity index (χ4v) is 4.09. The van der Waals surface area contributed by atoms with Gasteiger partial charge in [0.25, 0.3) is 15.7 Å². The van der Waals surface area contributed by atoms with Crippen LogP contribution in [0.25, 0.3) is 0 Å². The second kappa shape index (κ2) is 7.62. The van der Waals surface area contributed by atoms with E-state index >= 15 is 0 Å². The smallest absolute Gasteiger partial charge is 0.269 e. The van der Waals surface area contributed by atoms with E-state index < -0.39 is 14.9 Å². The Hall–Kier alpha value is -2.45. The van der Waals surface area contributed by atoms with Crippen LogP contribution in [0.5, 0.6) is 0 Å². The lowest BCUT2D eigenvalue weighted by Crippen LogP contribution is -2.37. The Labute approximate surface area is 147 Å². The number of hydrogen-bond donors (Lipinski definition) is 0. The first-order valence-corrected chi connectivity index (χ1v) is 9.15. The predicted molar refractivity (Wildman–Crippen MR) is 97.4 cm³/mol. The Morgan fingerprint density at radius 1 is 1.04 bits per heavy atom. The van der Waals surface area contributed by atoms with E-state index in [9.17, 15) is 18.5 Å². The van der Waals surface area contributed by atoms with Crippen molar-refractivity contribution in [2.45, 2.75) is 11.8 Å². The molecule has 25 heavy (non-hydrogen) atoms. The van der Waals surface area contributed by atoms with Gasteiger partial charge in [-0.2, -0.15) is 0 Å². The summed E-state index contributed by atoms with van der Waals surface area (Å²) in [5, 5.41) is 10.9. The Morgan fingerprint density at radius 2 is 1.68 bits per heavy atom. The molecule has 0 unspecified atom stereocenters. The highest BCUT2D eigenvalue weighted by atomic mass is 32.2. The number of sulfonamides is 1. The van der Waals surface area contributed by atoms with Crippen molar-refractivity contribution in [1.29, 1.82) is 0 Å². The number of benzene rings is 2. The third-order valence-electron chi connectivity index (χ3n) is 3.73. The molecule has 0 aliphatic heterocycles. The summed E-state index contributed by atoms with van der Waals surface area (Å²) in [5.74, 6) is 0. The maximum atomic E-state index is 13.2. The Bertz CT molecular complexity index is 851. The van der Waals surface area contributed by atoms with Crippen LogP contribution in [0.2, 0.25) is 0 Å². The van der Waals surface area contributed by atoms with Gasteiger partial charge in [0.1, 0.15) is 0 Å². The highest BCUT2D eigenvalue weighted by Crippen LogP contribution is 2.27. The van der Waals surface area contributed by atoms with Gasteiger partial charge >= 0.3 is 0 Å². The van der Waals surface area contributed by atoms with Crippen LogP contribution < -0.4 is 4.31 Å². The first kappa shape index (κ1) is 18.9. The topological polar surface area (TPSA) is 83.8 Å². The highest BCUT2D eigenvalue weighted by molar-refractivity contribution is 7.92. The summed E-state index contributed by atoms with van der Waals surface area (Å²) < 4.78 is 27.7. The average molecular weight is 363 g/mol. The van der Waals surface area contributed by atoms with Crippen LogP contribution in [-0.2, 0) is 10.0 Å². The number of nitrogens with zero attached hydrogens (tertiary/aromatic N) is 3. The third-order valence-corrected chi connectivity index (χ3v) is 5.72. The average Bonchev–Trinajstić information content (AvgIpc) is 2.55. The molecule has 0 bridgehead atoms. The van der Waals surface area contributed by atoms with Crippen LogP contribution in [-0.4, -0.2) is 45.4 Å². The van der Waals surface area contributed by atoms with E-state index in [1.807, 2.05) is 25.1 Å². The molecule has 2 aromatic carbocycles. The SMILES string of the molecule is Cc1cc([N+](=O)[O-])ccc1S(=O)(=O)N(CCN(C)C)c1ccccc1. The van der Waals surface area contributed by atoms with E-state index in [-0.39, 0.29) is 17.1 Å². The van der Waals surface area contributed by atoms with Gasteiger partial charge in [-0.15, -0.1) is 0 Å². The molecule has 0 aliphatic rings. The summed E-state index contributed by atoms with van der Waals surface area (Å²) in [7, 11) is -0.103. The molecule has 7 nitrogen and oxygen atoms in total. The number of para-hydroxylation sites is 1. The minimum Gasteiger partial charge on any atom is -0.308 e. The molecule has 0 saturated carbocycles. The standard InChI is InChI=1S/C17H21N3O4S/c1-14-13-16(20(21)22)9-10-17(14)25(23,24)19(12-11-18(2)3)15-7-5-4-6-8-15/h4-10,13H,11-12H2,1-3H3. The minimum absolute atomic E-state index is 0.0701. The highest BCUT2D eigenvalue weighted by Gasteiger charge is 2.27. The summed E-state index contributed by atoms with van der Waals surface area (Å²) in [6, 6.07) is 12.6. The quantitative estimate of drug-likeness (QED) is 0.558. The first-order chi connectivity index (χ1) is 11.7. The molecule has 0 heterocycles. The number of hydrogen-bond acceptors (Lipinski definition) is 5. The maximum Gasteiger partial charge on any atom is 0.269 e. The van der Waals surface area contributed by atoms with E-state index in [1.54, 1.807) is 31.2 Å². The molecule has 134 valence electrons. The molecule has 2 rings (SSSR count). The largest absolute Gasteiger partial charge is 0.308 e. The number of aryl methyl sites for hydroxylation is 1. The van der Waals surface area contributed by atoms with Crippen LogP contribution in [0.15, 0.2) is 53.4 Å². The molecule has 0 amide bonds. The van der Waals surface area contributed by atoms with Gasteiger partial charge in [0.2, 0.25) is 0 Å². The van der Waals surface area contributed by atoms with Crippen LogP contribution in [0.1, 0.15) is 5.56 Å². The Morgan fingerprint density at radius 3 is 2.20 bits per heavy atom. The number of likely N-dealkylation sites (N-methyl/N-ethyl adjacent to an activating group) is 1. The zero-order valence-electron chi connectivity index (χ0n) is 14.4. The summed E-state index contributed by atoms with van der Waals surface area (Å²) in [6.45, 7) is 2.38.